The normalized spacial score (nSPS) is 18.8. The second-order valence-electron chi connectivity index (χ2n) is 8.35. The summed E-state index contributed by atoms with van der Waals surface area (Å²) in [5, 5.41) is 2.75. The van der Waals surface area contributed by atoms with E-state index in [2.05, 4.69) is 5.32 Å². The zero-order valence-electron chi connectivity index (χ0n) is 18.3. The van der Waals surface area contributed by atoms with Crippen LogP contribution in [0.4, 0.5) is 18.9 Å². The number of carbonyl (C=O) groups excluding carboxylic acids is 3. The lowest BCUT2D eigenvalue weighted by atomic mass is 10.1. The van der Waals surface area contributed by atoms with Gasteiger partial charge in [0.25, 0.3) is 5.91 Å². The summed E-state index contributed by atoms with van der Waals surface area (Å²) in [5.74, 6) is -1.47. The Balaban J connectivity index is 1.37. The summed E-state index contributed by atoms with van der Waals surface area (Å²) in [4.78, 5) is 40.9. The number of likely N-dealkylation sites (tertiary alicyclic amines) is 1. The van der Waals surface area contributed by atoms with Crippen molar-refractivity contribution in [2.75, 3.05) is 38.2 Å². The van der Waals surface area contributed by atoms with Crippen LogP contribution in [-0.2, 0) is 27.0 Å². The molecule has 180 valence electrons. The summed E-state index contributed by atoms with van der Waals surface area (Å²) in [6.07, 6.45) is -4.50. The lowest BCUT2D eigenvalue weighted by Gasteiger charge is -2.27. The number of nitrogens with one attached hydrogen (secondary N) is 1. The fourth-order valence-electron chi connectivity index (χ4n) is 4.09. The molecule has 2 saturated heterocycles. The lowest BCUT2D eigenvalue weighted by molar-refractivity contribution is -0.137. The van der Waals surface area contributed by atoms with E-state index in [9.17, 15) is 27.6 Å². The van der Waals surface area contributed by atoms with E-state index >= 15 is 0 Å². The summed E-state index contributed by atoms with van der Waals surface area (Å²) < 4.78 is 44.1. The molecule has 10 heteroatoms. The van der Waals surface area contributed by atoms with E-state index in [0.717, 1.165) is 12.1 Å². The van der Waals surface area contributed by atoms with Gasteiger partial charge in [-0.05, 0) is 35.9 Å². The van der Waals surface area contributed by atoms with Gasteiger partial charge in [-0.3, -0.25) is 14.4 Å². The molecule has 2 aromatic carbocycles. The topological polar surface area (TPSA) is 79.0 Å². The van der Waals surface area contributed by atoms with Crippen molar-refractivity contribution in [3.8, 4) is 0 Å². The van der Waals surface area contributed by atoms with Gasteiger partial charge >= 0.3 is 6.18 Å². The Morgan fingerprint density at radius 2 is 1.79 bits per heavy atom. The van der Waals surface area contributed by atoms with Crippen molar-refractivity contribution in [2.45, 2.75) is 19.1 Å². The zero-order valence-corrected chi connectivity index (χ0v) is 18.3. The molecule has 2 aromatic rings. The Kier molecular flexibility index (Phi) is 6.87. The number of alkyl halides is 3. The van der Waals surface area contributed by atoms with Gasteiger partial charge in [0.1, 0.15) is 0 Å². The van der Waals surface area contributed by atoms with Crippen molar-refractivity contribution < 1.29 is 32.3 Å². The third-order valence-electron chi connectivity index (χ3n) is 5.89. The minimum absolute atomic E-state index is 0.00390. The molecule has 2 fully saturated rings. The van der Waals surface area contributed by atoms with Crippen molar-refractivity contribution in [3.05, 3.63) is 65.2 Å². The molecule has 3 amide bonds. The maximum atomic E-state index is 13.0. The molecule has 0 saturated carbocycles. The molecule has 2 aliphatic heterocycles. The number of hydrogen-bond donors (Lipinski definition) is 1. The predicted molar refractivity (Wildman–Crippen MR) is 117 cm³/mol. The summed E-state index contributed by atoms with van der Waals surface area (Å²) in [5.41, 5.74) is 0.442. The number of amides is 3. The number of anilines is 1. The van der Waals surface area contributed by atoms with Gasteiger partial charge in [-0.2, -0.15) is 13.2 Å². The molecule has 1 N–H and O–H groups in total. The first-order valence-electron chi connectivity index (χ1n) is 10.9. The van der Waals surface area contributed by atoms with E-state index < -0.39 is 17.7 Å². The molecule has 1 unspecified atom stereocenters. The van der Waals surface area contributed by atoms with E-state index in [-0.39, 0.29) is 37.2 Å². The van der Waals surface area contributed by atoms with Gasteiger partial charge in [-0.15, -0.1) is 0 Å². The highest BCUT2D eigenvalue weighted by Gasteiger charge is 2.35. The zero-order chi connectivity index (χ0) is 24.3. The summed E-state index contributed by atoms with van der Waals surface area (Å²) in [7, 11) is 0. The number of ether oxygens (including phenoxy) is 1. The largest absolute Gasteiger partial charge is 0.416 e. The minimum atomic E-state index is -4.47. The van der Waals surface area contributed by atoms with Crippen LogP contribution in [0.15, 0.2) is 48.5 Å². The monoisotopic (exact) mass is 475 g/mol. The molecule has 34 heavy (non-hydrogen) atoms. The molecule has 0 spiro atoms. The van der Waals surface area contributed by atoms with Gasteiger partial charge in [0.05, 0.1) is 24.7 Å². The molecule has 0 radical (unpaired) electrons. The van der Waals surface area contributed by atoms with Gasteiger partial charge in [0.2, 0.25) is 11.8 Å². The second kappa shape index (κ2) is 9.84. The number of halogens is 3. The molecular weight excluding hydrogens is 451 g/mol. The molecule has 7 nitrogen and oxygen atoms in total. The number of hydrogen-bond acceptors (Lipinski definition) is 4. The third kappa shape index (κ3) is 5.56. The van der Waals surface area contributed by atoms with Gasteiger partial charge in [0.15, 0.2) is 0 Å². The Morgan fingerprint density at radius 3 is 2.53 bits per heavy atom. The van der Waals surface area contributed by atoms with Crippen LogP contribution < -0.4 is 5.32 Å². The van der Waals surface area contributed by atoms with E-state index in [1.54, 1.807) is 29.2 Å². The second-order valence-corrected chi connectivity index (χ2v) is 8.35. The average Bonchev–Trinajstić information content (AvgIpc) is 3.19. The van der Waals surface area contributed by atoms with Gasteiger partial charge < -0.3 is 19.9 Å². The van der Waals surface area contributed by atoms with Crippen molar-refractivity contribution in [1.82, 2.24) is 9.80 Å². The number of rotatable bonds is 5. The van der Waals surface area contributed by atoms with E-state index in [1.807, 2.05) is 0 Å². The Morgan fingerprint density at radius 1 is 1.06 bits per heavy atom. The minimum Gasteiger partial charge on any atom is -0.378 e. The molecule has 0 aromatic heterocycles. The standard InChI is InChI=1S/C24H24F3N3O4/c25-24(26,27)19-5-1-3-16(11-19)14-30-15-18(13-21(30)31)22(32)28-20-6-2-4-17(12-20)23(33)29-7-9-34-10-8-29/h1-6,11-12,18H,7-10,13-15H2,(H,28,32). The van der Waals surface area contributed by atoms with Gasteiger partial charge in [0, 0.05) is 43.9 Å². The molecule has 2 aliphatic rings. The fourth-order valence-corrected chi connectivity index (χ4v) is 4.09. The van der Waals surface area contributed by atoms with Crippen molar-refractivity contribution in [1.29, 1.82) is 0 Å². The highest BCUT2D eigenvalue weighted by atomic mass is 19.4. The first-order chi connectivity index (χ1) is 16.2. The average molecular weight is 475 g/mol. The van der Waals surface area contributed by atoms with Crippen LogP contribution >= 0.6 is 0 Å². The summed E-state index contributed by atoms with van der Waals surface area (Å²) >= 11 is 0. The Labute approximate surface area is 194 Å². The number of benzene rings is 2. The molecule has 0 aliphatic carbocycles. The number of carbonyl (C=O) groups is 3. The van der Waals surface area contributed by atoms with Crippen molar-refractivity contribution in [2.24, 2.45) is 5.92 Å². The van der Waals surface area contributed by atoms with E-state index in [4.69, 9.17) is 4.74 Å². The van der Waals surface area contributed by atoms with Crippen LogP contribution in [0.25, 0.3) is 0 Å². The molecule has 2 heterocycles. The smallest absolute Gasteiger partial charge is 0.378 e. The van der Waals surface area contributed by atoms with E-state index in [0.29, 0.717) is 43.1 Å². The van der Waals surface area contributed by atoms with Crippen molar-refractivity contribution >= 4 is 23.4 Å². The molecule has 1 atom stereocenters. The lowest BCUT2D eigenvalue weighted by Crippen LogP contribution is -2.40. The highest BCUT2D eigenvalue weighted by molar-refractivity contribution is 5.99. The highest BCUT2D eigenvalue weighted by Crippen LogP contribution is 2.30. The third-order valence-corrected chi connectivity index (χ3v) is 5.89. The maximum Gasteiger partial charge on any atom is 0.416 e. The number of morpholine rings is 1. The van der Waals surface area contributed by atoms with E-state index in [1.165, 1.54) is 17.0 Å². The first kappa shape index (κ1) is 23.7. The van der Waals surface area contributed by atoms with Crippen LogP contribution in [0.1, 0.15) is 27.9 Å². The van der Waals surface area contributed by atoms with Crippen LogP contribution in [0.2, 0.25) is 0 Å². The molecule has 0 bridgehead atoms. The van der Waals surface area contributed by atoms with Crippen LogP contribution in [0.3, 0.4) is 0 Å². The van der Waals surface area contributed by atoms with Gasteiger partial charge in [-0.25, -0.2) is 0 Å². The van der Waals surface area contributed by atoms with Crippen LogP contribution in [0, 0.1) is 5.92 Å². The summed E-state index contributed by atoms with van der Waals surface area (Å²) in [6.45, 7) is 2.07. The Hall–Kier alpha value is -3.40. The number of nitrogens with zero attached hydrogens (tertiary/aromatic N) is 2. The quantitative estimate of drug-likeness (QED) is 0.721. The molecular formula is C24H24F3N3O4. The Bertz CT molecular complexity index is 1080. The maximum absolute atomic E-state index is 13.0. The van der Waals surface area contributed by atoms with Gasteiger partial charge in [-0.1, -0.05) is 18.2 Å². The SMILES string of the molecule is O=C(Nc1cccc(C(=O)N2CCOCC2)c1)C1CC(=O)N(Cc2cccc(C(F)(F)F)c2)C1. The van der Waals surface area contributed by atoms with Crippen LogP contribution in [-0.4, -0.2) is 60.4 Å². The summed E-state index contributed by atoms with van der Waals surface area (Å²) in [6, 6.07) is 11.4. The first-order valence-corrected chi connectivity index (χ1v) is 10.9. The van der Waals surface area contributed by atoms with Crippen molar-refractivity contribution in [3.63, 3.8) is 0 Å². The fraction of sp³-hybridized carbons (Fsp3) is 0.375. The molecule has 4 rings (SSSR count). The predicted octanol–water partition coefficient (Wildman–Crippen LogP) is 3.17. The van der Waals surface area contributed by atoms with Crippen LogP contribution in [0.5, 0.6) is 0 Å².